The Bertz CT molecular complexity index is 507. The summed E-state index contributed by atoms with van der Waals surface area (Å²) in [5, 5.41) is 8.76. The molecule has 0 unspecified atom stereocenters. The van der Waals surface area contributed by atoms with E-state index in [4.69, 9.17) is 9.84 Å². The minimum Gasteiger partial charge on any atom is -0.497 e. The topological polar surface area (TPSA) is 70.1 Å². The molecule has 2 rings (SSSR count). The second-order valence-electron chi connectivity index (χ2n) is 5.40. The van der Waals surface area contributed by atoms with Crippen LogP contribution in [-0.2, 0) is 16.0 Å². The van der Waals surface area contributed by atoms with Crippen molar-refractivity contribution in [3.63, 3.8) is 0 Å². The van der Waals surface area contributed by atoms with Crippen molar-refractivity contribution in [3.8, 4) is 5.75 Å². The van der Waals surface area contributed by atoms with E-state index in [0.29, 0.717) is 39.0 Å². The Labute approximate surface area is 130 Å². The maximum absolute atomic E-state index is 12.2. The van der Waals surface area contributed by atoms with Crippen LogP contribution in [0.2, 0.25) is 0 Å². The Balaban J connectivity index is 1.74. The van der Waals surface area contributed by atoms with Crippen molar-refractivity contribution in [1.29, 1.82) is 0 Å². The van der Waals surface area contributed by atoms with Gasteiger partial charge in [-0.3, -0.25) is 14.5 Å². The molecule has 0 atom stereocenters. The smallest absolute Gasteiger partial charge is 0.317 e. The third-order valence-corrected chi connectivity index (χ3v) is 3.87. The summed E-state index contributed by atoms with van der Waals surface area (Å²) in [6, 6.07) is 7.72. The number of amides is 1. The summed E-state index contributed by atoms with van der Waals surface area (Å²) in [5.74, 6) is 0.120. The van der Waals surface area contributed by atoms with Gasteiger partial charge in [0.25, 0.3) is 0 Å². The maximum atomic E-state index is 12.2. The Morgan fingerprint density at radius 3 is 2.32 bits per heavy atom. The number of ether oxygens (including phenoxy) is 1. The van der Waals surface area contributed by atoms with E-state index in [9.17, 15) is 9.59 Å². The maximum Gasteiger partial charge on any atom is 0.317 e. The number of carboxylic acid groups (broad SMARTS) is 1. The van der Waals surface area contributed by atoms with Gasteiger partial charge in [0, 0.05) is 32.6 Å². The van der Waals surface area contributed by atoms with Crippen molar-refractivity contribution in [2.45, 2.75) is 12.8 Å². The molecule has 1 fully saturated rings. The van der Waals surface area contributed by atoms with Crippen LogP contribution in [-0.4, -0.2) is 66.6 Å². The quantitative estimate of drug-likeness (QED) is 0.844. The Hall–Kier alpha value is -2.08. The van der Waals surface area contributed by atoms with Crippen LogP contribution >= 0.6 is 0 Å². The van der Waals surface area contributed by atoms with Gasteiger partial charge in [-0.2, -0.15) is 0 Å². The number of hydrogen-bond donors (Lipinski definition) is 1. The summed E-state index contributed by atoms with van der Waals surface area (Å²) < 4.78 is 5.11. The Morgan fingerprint density at radius 2 is 1.77 bits per heavy atom. The molecule has 120 valence electrons. The molecule has 1 aromatic carbocycles. The Kier molecular flexibility index (Phi) is 5.77. The van der Waals surface area contributed by atoms with E-state index in [-0.39, 0.29) is 12.5 Å². The minimum absolute atomic E-state index is 0.0495. The number of methoxy groups -OCH3 is 1. The third-order valence-electron chi connectivity index (χ3n) is 3.87. The predicted octanol–water partition coefficient (Wildman–Crippen LogP) is 0.857. The number of benzene rings is 1. The summed E-state index contributed by atoms with van der Waals surface area (Å²) in [6.07, 6.45) is 1.18. The zero-order valence-electron chi connectivity index (χ0n) is 12.8. The van der Waals surface area contributed by atoms with E-state index >= 15 is 0 Å². The van der Waals surface area contributed by atoms with E-state index in [0.717, 1.165) is 11.3 Å². The van der Waals surface area contributed by atoms with Crippen molar-refractivity contribution in [2.75, 3.05) is 39.8 Å². The molecule has 22 heavy (non-hydrogen) atoms. The van der Waals surface area contributed by atoms with Gasteiger partial charge in [0.15, 0.2) is 0 Å². The number of aliphatic carboxylic acids is 1. The fourth-order valence-corrected chi connectivity index (χ4v) is 2.55. The molecule has 0 saturated carbocycles. The zero-order chi connectivity index (χ0) is 15.9. The summed E-state index contributed by atoms with van der Waals surface area (Å²) in [5.41, 5.74) is 1.11. The van der Waals surface area contributed by atoms with Crippen LogP contribution in [0.25, 0.3) is 0 Å². The lowest BCUT2D eigenvalue weighted by Gasteiger charge is -2.33. The monoisotopic (exact) mass is 306 g/mol. The van der Waals surface area contributed by atoms with Gasteiger partial charge < -0.3 is 14.7 Å². The summed E-state index contributed by atoms with van der Waals surface area (Å²) in [6.45, 7) is 2.51. The van der Waals surface area contributed by atoms with Gasteiger partial charge in [0.2, 0.25) is 5.91 Å². The normalized spacial score (nSPS) is 15.6. The summed E-state index contributed by atoms with van der Waals surface area (Å²) in [4.78, 5) is 26.5. The van der Waals surface area contributed by atoms with Gasteiger partial charge in [0.05, 0.1) is 13.7 Å². The molecule has 0 radical (unpaired) electrons. The fraction of sp³-hybridized carbons (Fsp3) is 0.500. The van der Waals surface area contributed by atoms with Crippen LogP contribution in [0, 0.1) is 0 Å². The molecular formula is C16H22N2O4. The van der Waals surface area contributed by atoms with Crippen molar-refractivity contribution in [3.05, 3.63) is 29.8 Å². The second-order valence-corrected chi connectivity index (χ2v) is 5.40. The van der Waals surface area contributed by atoms with Crippen molar-refractivity contribution < 1.29 is 19.4 Å². The second kappa shape index (κ2) is 7.79. The molecule has 0 bridgehead atoms. The number of carboxylic acids is 1. The molecule has 1 heterocycles. The highest BCUT2D eigenvalue weighted by molar-refractivity contribution is 5.76. The third kappa shape index (κ3) is 4.73. The van der Waals surface area contributed by atoms with Gasteiger partial charge in [0.1, 0.15) is 5.75 Å². The molecule has 1 aliphatic heterocycles. The largest absolute Gasteiger partial charge is 0.497 e. The van der Waals surface area contributed by atoms with Gasteiger partial charge in [-0.25, -0.2) is 0 Å². The molecule has 0 aromatic heterocycles. The molecule has 1 aliphatic rings. The first kappa shape index (κ1) is 16.3. The molecule has 0 aliphatic carbocycles. The lowest BCUT2D eigenvalue weighted by atomic mass is 10.1. The van der Waals surface area contributed by atoms with E-state index < -0.39 is 5.97 Å². The lowest BCUT2D eigenvalue weighted by molar-refractivity contribution is -0.139. The highest BCUT2D eigenvalue weighted by Gasteiger charge is 2.21. The molecule has 1 saturated heterocycles. The van der Waals surface area contributed by atoms with Crippen LogP contribution in [0.4, 0.5) is 0 Å². The molecule has 1 N–H and O–H groups in total. The molecule has 6 nitrogen and oxygen atoms in total. The van der Waals surface area contributed by atoms with Crippen LogP contribution in [0.15, 0.2) is 24.3 Å². The number of hydrogen-bond acceptors (Lipinski definition) is 4. The number of piperazine rings is 1. The van der Waals surface area contributed by atoms with Crippen LogP contribution < -0.4 is 4.74 Å². The predicted molar refractivity (Wildman–Crippen MR) is 82.0 cm³/mol. The van der Waals surface area contributed by atoms with Crippen molar-refractivity contribution >= 4 is 11.9 Å². The summed E-state index contributed by atoms with van der Waals surface area (Å²) in [7, 11) is 1.63. The number of carbonyl (C=O) groups is 2. The van der Waals surface area contributed by atoms with Crippen molar-refractivity contribution in [1.82, 2.24) is 9.80 Å². The van der Waals surface area contributed by atoms with Crippen LogP contribution in [0.3, 0.4) is 0 Å². The zero-order valence-corrected chi connectivity index (χ0v) is 12.8. The van der Waals surface area contributed by atoms with Gasteiger partial charge in [-0.05, 0) is 24.1 Å². The first-order valence-corrected chi connectivity index (χ1v) is 7.43. The average molecular weight is 306 g/mol. The SMILES string of the molecule is COc1ccc(CCC(=O)N2CCN(CC(=O)O)CC2)cc1. The van der Waals surface area contributed by atoms with Gasteiger partial charge >= 0.3 is 5.97 Å². The minimum atomic E-state index is -0.820. The molecule has 1 aromatic rings. The number of rotatable bonds is 6. The number of nitrogens with zero attached hydrogens (tertiary/aromatic N) is 2. The highest BCUT2D eigenvalue weighted by atomic mass is 16.5. The molecular weight excluding hydrogens is 284 g/mol. The standard InChI is InChI=1S/C16H22N2O4/c1-22-14-5-2-13(3-6-14)4-7-15(19)18-10-8-17(9-11-18)12-16(20)21/h2-3,5-6H,4,7-12H2,1H3,(H,20,21). The fourth-order valence-electron chi connectivity index (χ4n) is 2.55. The van der Waals surface area contributed by atoms with Crippen LogP contribution in [0.1, 0.15) is 12.0 Å². The van der Waals surface area contributed by atoms with E-state index in [1.807, 2.05) is 34.1 Å². The number of carbonyl (C=O) groups excluding carboxylic acids is 1. The molecule has 0 spiro atoms. The lowest BCUT2D eigenvalue weighted by Crippen LogP contribution is -2.49. The van der Waals surface area contributed by atoms with E-state index in [2.05, 4.69) is 0 Å². The van der Waals surface area contributed by atoms with Crippen molar-refractivity contribution in [2.24, 2.45) is 0 Å². The molecule has 6 heteroatoms. The molecule has 1 amide bonds. The first-order chi connectivity index (χ1) is 10.6. The summed E-state index contributed by atoms with van der Waals surface area (Å²) >= 11 is 0. The highest BCUT2D eigenvalue weighted by Crippen LogP contribution is 2.13. The van der Waals surface area contributed by atoms with Gasteiger partial charge in [-0.1, -0.05) is 12.1 Å². The van der Waals surface area contributed by atoms with E-state index in [1.165, 1.54) is 0 Å². The van der Waals surface area contributed by atoms with Crippen LogP contribution in [0.5, 0.6) is 5.75 Å². The van der Waals surface area contributed by atoms with E-state index in [1.54, 1.807) is 7.11 Å². The first-order valence-electron chi connectivity index (χ1n) is 7.43. The van der Waals surface area contributed by atoms with Gasteiger partial charge in [-0.15, -0.1) is 0 Å². The number of aryl methyl sites for hydroxylation is 1. The average Bonchev–Trinajstić information content (AvgIpc) is 2.53. The Morgan fingerprint density at radius 1 is 1.14 bits per heavy atom.